The maximum Gasteiger partial charge on any atom is 0.204 e. The minimum atomic E-state index is -0.476. The van der Waals surface area contributed by atoms with E-state index in [9.17, 15) is 0 Å². The molecule has 2 aromatic rings. The third-order valence-electron chi connectivity index (χ3n) is 2.48. The van der Waals surface area contributed by atoms with Crippen LogP contribution < -0.4 is 0 Å². The molecule has 0 aliphatic heterocycles. The van der Waals surface area contributed by atoms with Crippen molar-refractivity contribution < 1.29 is 9.47 Å². The van der Waals surface area contributed by atoms with Gasteiger partial charge < -0.3 is 9.47 Å². The fourth-order valence-corrected chi connectivity index (χ4v) is 1.75. The number of hydrogen-bond acceptors (Lipinski definition) is 4. The Kier molecular flexibility index (Phi) is 4.90. The van der Waals surface area contributed by atoms with E-state index in [-0.39, 0.29) is 0 Å². The van der Waals surface area contributed by atoms with Gasteiger partial charge in [-0.3, -0.25) is 0 Å². The van der Waals surface area contributed by atoms with E-state index in [1.807, 2.05) is 26.0 Å². The van der Waals surface area contributed by atoms with Crippen LogP contribution >= 0.6 is 11.6 Å². The standard InChI is InChI=1S/C13H16ClN3O2/c1-3-18-13(19-4-2)12-9-17(16-15-12)11-7-5-10(14)6-8-11/h5-9,13H,3-4H2,1-2H3. The number of benzene rings is 1. The van der Waals surface area contributed by atoms with Crippen LogP contribution in [0.3, 0.4) is 0 Å². The molecule has 1 heterocycles. The highest BCUT2D eigenvalue weighted by molar-refractivity contribution is 6.30. The molecule has 0 aliphatic rings. The van der Waals surface area contributed by atoms with Gasteiger partial charge in [-0.15, -0.1) is 5.10 Å². The van der Waals surface area contributed by atoms with Gasteiger partial charge in [0.25, 0.3) is 0 Å². The van der Waals surface area contributed by atoms with Crippen molar-refractivity contribution in [3.63, 3.8) is 0 Å². The maximum absolute atomic E-state index is 5.85. The second-order valence-electron chi connectivity index (χ2n) is 3.81. The number of ether oxygens (including phenoxy) is 2. The predicted molar refractivity (Wildman–Crippen MR) is 72.4 cm³/mol. The van der Waals surface area contributed by atoms with Crippen LogP contribution in [0.4, 0.5) is 0 Å². The molecule has 6 heteroatoms. The topological polar surface area (TPSA) is 49.2 Å². The second kappa shape index (κ2) is 6.65. The lowest BCUT2D eigenvalue weighted by molar-refractivity contribution is -0.142. The number of halogens is 1. The third-order valence-corrected chi connectivity index (χ3v) is 2.73. The van der Waals surface area contributed by atoms with Crippen LogP contribution in [0.25, 0.3) is 5.69 Å². The monoisotopic (exact) mass is 281 g/mol. The van der Waals surface area contributed by atoms with Gasteiger partial charge in [0.05, 0.1) is 11.9 Å². The molecule has 0 saturated heterocycles. The summed E-state index contributed by atoms with van der Waals surface area (Å²) in [6.45, 7) is 4.93. The number of hydrogen-bond donors (Lipinski definition) is 0. The summed E-state index contributed by atoms with van der Waals surface area (Å²) < 4.78 is 12.6. The normalized spacial score (nSPS) is 11.2. The van der Waals surface area contributed by atoms with Gasteiger partial charge in [0.15, 0.2) is 0 Å². The van der Waals surface area contributed by atoms with Crippen molar-refractivity contribution in [2.24, 2.45) is 0 Å². The summed E-state index contributed by atoms with van der Waals surface area (Å²) in [5.74, 6) is 0. The molecule has 19 heavy (non-hydrogen) atoms. The van der Waals surface area contributed by atoms with Gasteiger partial charge in [-0.05, 0) is 38.1 Å². The Morgan fingerprint density at radius 3 is 2.37 bits per heavy atom. The first-order valence-electron chi connectivity index (χ1n) is 6.16. The first-order valence-corrected chi connectivity index (χ1v) is 6.53. The van der Waals surface area contributed by atoms with Gasteiger partial charge in [-0.25, -0.2) is 4.68 Å². The SMILES string of the molecule is CCOC(OCC)c1cn(-c2ccc(Cl)cc2)nn1. The average Bonchev–Trinajstić information content (AvgIpc) is 2.89. The minimum absolute atomic E-state index is 0.476. The molecule has 102 valence electrons. The molecule has 0 spiro atoms. The third kappa shape index (κ3) is 3.53. The molecule has 0 saturated carbocycles. The van der Waals surface area contributed by atoms with E-state index in [0.717, 1.165) is 5.69 Å². The minimum Gasteiger partial charge on any atom is -0.347 e. The smallest absolute Gasteiger partial charge is 0.204 e. The van der Waals surface area contributed by atoms with Gasteiger partial charge >= 0.3 is 0 Å². The highest BCUT2D eigenvalue weighted by Gasteiger charge is 2.15. The van der Waals surface area contributed by atoms with E-state index in [1.54, 1.807) is 23.0 Å². The summed E-state index contributed by atoms with van der Waals surface area (Å²) >= 11 is 5.85. The molecule has 0 radical (unpaired) electrons. The molecule has 1 aromatic carbocycles. The maximum atomic E-state index is 5.85. The van der Waals surface area contributed by atoms with E-state index in [1.165, 1.54) is 0 Å². The number of rotatable bonds is 6. The van der Waals surface area contributed by atoms with Crippen molar-refractivity contribution in [2.75, 3.05) is 13.2 Å². The second-order valence-corrected chi connectivity index (χ2v) is 4.24. The van der Waals surface area contributed by atoms with Crippen LogP contribution in [-0.4, -0.2) is 28.2 Å². The lowest BCUT2D eigenvalue weighted by atomic mass is 10.3. The van der Waals surface area contributed by atoms with E-state index in [4.69, 9.17) is 21.1 Å². The van der Waals surface area contributed by atoms with E-state index in [2.05, 4.69) is 10.3 Å². The van der Waals surface area contributed by atoms with Crippen molar-refractivity contribution in [3.8, 4) is 5.69 Å². The molecule has 0 amide bonds. The number of aromatic nitrogens is 3. The zero-order valence-corrected chi connectivity index (χ0v) is 11.7. The van der Waals surface area contributed by atoms with Crippen LogP contribution in [-0.2, 0) is 9.47 Å². The van der Waals surface area contributed by atoms with Crippen LogP contribution in [0.15, 0.2) is 30.5 Å². The molecule has 5 nitrogen and oxygen atoms in total. The van der Waals surface area contributed by atoms with Crippen molar-refractivity contribution in [3.05, 3.63) is 41.2 Å². The summed E-state index contributed by atoms with van der Waals surface area (Å²) in [6.07, 6.45) is 1.32. The summed E-state index contributed by atoms with van der Waals surface area (Å²) in [5, 5.41) is 8.83. The lowest BCUT2D eigenvalue weighted by Crippen LogP contribution is -2.09. The van der Waals surface area contributed by atoms with E-state index in [0.29, 0.717) is 23.9 Å². The van der Waals surface area contributed by atoms with Crippen LogP contribution in [0.5, 0.6) is 0 Å². The van der Waals surface area contributed by atoms with Gasteiger partial charge in [0.1, 0.15) is 5.69 Å². The molecular weight excluding hydrogens is 266 g/mol. The lowest BCUT2D eigenvalue weighted by Gasteiger charge is -2.13. The Hall–Kier alpha value is -1.43. The summed E-state index contributed by atoms with van der Waals surface area (Å²) in [6, 6.07) is 7.36. The Bertz CT molecular complexity index is 507. The first-order chi connectivity index (χ1) is 9.24. The van der Waals surface area contributed by atoms with Gasteiger partial charge in [0.2, 0.25) is 6.29 Å². The van der Waals surface area contributed by atoms with Gasteiger partial charge in [-0.2, -0.15) is 0 Å². The van der Waals surface area contributed by atoms with Crippen LogP contribution in [0.2, 0.25) is 5.02 Å². The highest BCUT2D eigenvalue weighted by Crippen LogP contribution is 2.18. The Balaban J connectivity index is 2.19. The number of nitrogens with zero attached hydrogens (tertiary/aromatic N) is 3. The van der Waals surface area contributed by atoms with Gasteiger partial charge in [0, 0.05) is 18.2 Å². The molecule has 2 rings (SSSR count). The first kappa shape index (κ1) is 14.0. The van der Waals surface area contributed by atoms with Crippen molar-refractivity contribution in [2.45, 2.75) is 20.1 Å². The zero-order valence-electron chi connectivity index (χ0n) is 10.9. The predicted octanol–water partition coefficient (Wildman–Crippen LogP) is 2.99. The Morgan fingerprint density at radius 2 is 1.79 bits per heavy atom. The summed E-state index contributed by atoms with van der Waals surface area (Å²) in [7, 11) is 0. The van der Waals surface area contributed by atoms with E-state index < -0.39 is 6.29 Å². The molecule has 1 aromatic heterocycles. The molecule has 0 fully saturated rings. The highest BCUT2D eigenvalue weighted by atomic mass is 35.5. The van der Waals surface area contributed by atoms with Crippen LogP contribution in [0, 0.1) is 0 Å². The summed E-state index contributed by atoms with van der Waals surface area (Å²) in [5.41, 5.74) is 1.54. The quantitative estimate of drug-likeness (QED) is 0.764. The van der Waals surface area contributed by atoms with Crippen LogP contribution in [0.1, 0.15) is 25.8 Å². The fraction of sp³-hybridized carbons (Fsp3) is 0.385. The average molecular weight is 282 g/mol. The molecular formula is C13H16ClN3O2. The Labute approximate surface area is 117 Å². The van der Waals surface area contributed by atoms with E-state index >= 15 is 0 Å². The Morgan fingerprint density at radius 1 is 1.16 bits per heavy atom. The zero-order chi connectivity index (χ0) is 13.7. The molecule has 0 atom stereocenters. The van der Waals surface area contributed by atoms with Crippen molar-refractivity contribution >= 4 is 11.6 Å². The van der Waals surface area contributed by atoms with Crippen molar-refractivity contribution in [1.29, 1.82) is 0 Å². The molecule has 0 unspecified atom stereocenters. The molecule has 0 N–H and O–H groups in total. The summed E-state index contributed by atoms with van der Waals surface area (Å²) in [4.78, 5) is 0. The molecule has 0 aliphatic carbocycles. The molecule has 0 bridgehead atoms. The largest absolute Gasteiger partial charge is 0.347 e. The van der Waals surface area contributed by atoms with Gasteiger partial charge in [-0.1, -0.05) is 16.8 Å². The fourth-order valence-electron chi connectivity index (χ4n) is 1.63. The van der Waals surface area contributed by atoms with Crippen molar-refractivity contribution in [1.82, 2.24) is 15.0 Å².